The first-order valence-corrected chi connectivity index (χ1v) is 7.47. The zero-order valence-corrected chi connectivity index (χ0v) is 11.0. The summed E-state index contributed by atoms with van der Waals surface area (Å²) in [5.74, 6) is 0.909. The van der Waals surface area contributed by atoms with Crippen molar-refractivity contribution in [3.8, 4) is 0 Å². The molecule has 0 aromatic heterocycles. The number of amides is 1. The Morgan fingerprint density at radius 1 is 1.11 bits per heavy atom. The third-order valence-corrected chi connectivity index (χ3v) is 4.47. The molecule has 0 bridgehead atoms. The van der Waals surface area contributed by atoms with Crippen LogP contribution in [0.1, 0.15) is 44.9 Å². The predicted octanol–water partition coefficient (Wildman–Crippen LogP) is 1.20. The van der Waals surface area contributed by atoms with E-state index in [1.807, 2.05) is 0 Å². The Balaban J connectivity index is 1.38. The van der Waals surface area contributed by atoms with Gasteiger partial charge < -0.3 is 15.4 Å². The number of hydrogen-bond acceptors (Lipinski definition) is 3. The largest absolute Gasteiger partial charge is 0.376 e. The van der Waals surface area contributed by atoms with Crippen LogP contribution in [0, 0.1) is 5.92 Å². The molecular formula is C14H24N2O2. The van der Waals surface area contributed by atoms with Crippen LogP contribution in [0.3, 0.4) is 0 Å². The van der Waals surface area contributed by atoms with Gasteiger partial charge in [-0.25, -0.2) is 0 Å². The zero-order chi connectivity index (χ0) is 12.4. The van der Waals surface area contributed by atoms with Crippen LogP contribution in [0.25, 0.3) is 0 Å². The maximum atomic E-state index is 11.8. The van der Waals surface area contributed by atoms with Crippen molar-refractivity contribution in [1.29, 1.82) is 0 Å². The SMILES string of the molecule is O=C(CNC1CCOC1C1CC1)NC1CCCC1. The normalized spacial score (nSPS) is 32.9. The molecular weight excluding hydrogens is 228 g/mol. The molecule has 3 rings (SSSR count). The monoisotopic (exact) mass is 252 g/mol. The molecule has 2 atom stereocenters. The second-order valence-electron chi connectivity index (χ2n) is 6.00. The van der Waals surface area contributed by atoms with Crippen LogP contribution in [0.5, 0.6) is 0 Å². The van der Waals surface area contributed by atoms with Crippen molar-refractivity contribution in [2.75, 3.05) is 13.2 Å². The summed E-state index contributed by atoms with van der Waals surface area (Å²) in [7, 11) is 0. The third kappa shape index (κ3) is 3.04. The summed E-state index contributed by atoms with van der Waals surface area (Å²) >= 11 is 0. The molecule has 1 saturated heterocycles. The summed E-state index contributed by atoms with van der Waals surface area (Å²) in [6.07, 6.45) is 8.86. The van der Waals surface area contributed by atoms with Gasteiger partial charge in [0.05, 0.1) is 12.6 Å². The Labute approximate surface area is 109 Å². The Morgan fingerprint density at radius 3 is 2.61 bits per heavy atom. The van der Waals surface area contributed by atoms with E-state index >= 15 is 0 Å². The lowest BCUT2D eigenvalue weighted by Crippen LogP contribution is -2.45. The van der Waals surface area contributed by atoms with Crippen LogP contribution in [-0.2, 0) is 9.53 Å². The molecule has 2 saturated carbocycles. The minimum Gasteiger partial charge on any atom is -0.376 e. The van der Waals surface area contributed by atoms with E-state index in [2.05, 4.69) is 10.6 Å². The van der Waals surface area contributed by atoms with Gasteiger partial charge in [-0.15, -0.1) is 0 Å². The van der Waals surface area contributed by atoms with Crippen LogP contribution in [0.4, 0.5) is 0 Å². The highest BCUT2D eigenvalue weighted by Gasteiger charge is 2.40. The van der Waals surface area contributed by atoms with Crippen LogP contribution in [0.2, 0.25) is 0 Å². The van der Waals surface area contributed by atoms with Crippen LogP contribution < -0.4 is 10.6 Å². The van der Waals surface area contributed by atoms with Crippen molar-refractivity contribution in [1.82, 2.24) is 10.6 Å². The topological polar surface area (TPSA) is 50.4 Å². The van der Waals surface area contributed by atoms with Gasteiger partial charge in [0.2, 0.25) is 5.91 Å². The van der Waals surface area contributed by atoms with Crippen LogP contribution in [0.15, 0.2) is 0 Å². The highest BCUT2D eigenvalue weighted by Crippen LogP contribution is 2.38. The number of ether oxygens (including phenoxy) is 1. The number of hydrogen-bond donors (Lipinski definition) is 2. The first kappa shape index (κ1) is 12.4. The summed E-state index contributed by atoms with van der Waals surface area (Å²) in [6.45, 7) is 1.30. The second-order valence-corrected chi connectivity index (χ2v) is 6.00. The summed E-state index contributed by atoms with van der Waals surface area (Å²) in [5.41, 5.74) is 0. The first-order chi connectivity index (χ1) is 8.83. The van der Waals surface area contributed by atoms with Gasteiger partial charge in [0.25, 0.3) is 0 Å². The van der Waals surface area contributed by atoms with E-state index in [9.17, 15) is 4.79 Å². The molecule has 1 amide bonds. The van der Waals surface area contributed by atoms with E-state index in [-0.39, 0.29) is 5.91 Å². The van der Waals surface area contributed by atoms with Crippen LogP contribution in [-0.4, -0.2) is 37.2 Å². The summed E-state index contributed by atoms with van der Waals surface area (Å²) in [6, 6.07) is 0.824. The molecule has 18 heavy (non-hydrogen) atoms. The summed E-state index contributed by atoms with van der Waals surface area (Å²) in [4.78, 5) is 11.8. The molecule has 2 unspecified atom stereocenters. The number of carbonyl (C=O) groups is 1. The van der Waals surface area contributed by atoms with Gasteiger partial charge in [0, 0.05) is 18.7 Å². The highest BCUT2D eigenvalue weighted by molar-refractivity contribution is 5.78. The molecule has 4 heteroatoms. The van der Waals surface area contributed by atoms with E-state index < -0.39 is 0 Å². The molecule has 4 nitrogen and oxygen atoms in total. The molecule has 3 aliphatic rings. The fraction of sp³-hybridized carbons (Fsp3) is 0.929. The summed E-state index contributed by atoms with van der Waals surface area (Å²) < 4.78 is 5.76. The Kier molecular flexibility index (Phi) is 3.85. The number of nitrogens with one attached hydrogen (secondary N) is 2. The average molecular weight is 252 g/mol. The van der Waals surface area contributed by atoms with Crippen molar-refractivity contribution < 1.29 is 9.53 Å². The first-order valence-electron chi connectivity index (χ1n) is 7.47. The summed E-state index contributed by atoms with van der Waals surface area (Å²) in [5, 5.41) is 6.51. The predicted molar refractivity (Wildman–Crippen MR) is 69.3 cm³/mol. The Hall–Kier alpha value is -0.610. The second kappa shape index (κ2) is 5.57. The van der Waals surface area contributed by atoms with Gasteiger partial charge in [-0.2, -0.15) is 0 Å². The molecule has 2 N–H and O–H groups in total. The molecule has 2 aliphatic carbocycles. The molecule has 1 aliphatic heterocycles. The highest BCUT2D eigenvalue weighted by atomic mass is 16.5. The maximum Gasteiger partial charge on any atom is 0.234 e. The lowest BCUT2D eigenvalue weighted by molar-refractivity contribution is -0.121. The van der Waals surface area contributed by atoms with Crippen LogP contribution >= 0.6 is 0 Å². The van der Waals surface area contributed by atoms with Gasteiger partial charge in [-0.05, 0) is 38.0 Å². The van der Waals surface area contributed by atoms with E-state index in [0.717, 1.165) is 31.8 Å². The lowest BCUT2D eigenvalue weighted by atomic mass is 10.1. The van der Waals surface area contributed by atoms with Crippen molar-refractivity contribution in [2.45, 2.75) is 63.1 Å². The molecule has 0 radical (unpaired) electrons. The van der Waals surface area contributed by atoms with Crippen molar-refractivity contribution in [3.05, 3.63) is 0 Å². The fourth-order valence-corrected chi connectivity index (χ4v) is 3.29. The van der Waals surface area contributed by atoms with E-state index in [0.29, 0.717) is 24.7 Å². The Morgan fingerprint density at radius 2 is 1.89 bits per heavy atom. The number of rotatable bonds is 5. The minimum absolute atomic E-state index is 0.156. The molecule has 0 aromatic rings. The van der Waals surface area contributed by atoms with Gasteiger partial charge in [0.15, 0.2) is 0 Å². The smallest absolute Gasteiger partial charge is 0.234 e. The lowest BCUT2D eigenvalue weighted by Gasteiger charge is -2.20. The van der Waals surface area contributed by atoms with Gasteiger partial charge >= 0.3 is 0 Å². The molecule has 0 aromatic carbocycles. The molecule has 3 fully saturated rings. The third-order valence-electron chi connectivity index (χ3n) is 4.47. The van der Waals surface area contributed by atoms with Crippen molar-refractivity contribution >= 4 is 5.91 Å². The van der Waals surface area contributed by atoms with Crippen molar-refractivity contribution in [3.63, 3.8) is 0 Å². The number of carbonyl (C=O) groups excluding carboxylic acids is 1. The van der Waals surface area contributed by atoms with E-state index in [1.165, 1.54) is 25.7 Å². The quantitative estimate of drug-likeness (QED) is 0.773. The van der Waals surface area contributed by atoms with Gasteiger partial charge in [0.1, 0.15) is 0 Å². The fourth-order valence-electron chi connectivity index (χ4n) is 3.29. The average Bonchev–Trinajstić information content (AvgIpc) is 2.90. The van der Waals surface area contributed by atoms with Gasteiger partial charge in [-0.1, -0.05) is 12.8 Å². The van der Waals surface area contributed by atoms with E-state index in [1.54, 1.807) is 0 Å². The molecule has 0 spiro atoms. The zero-order valence-electron chi connectivity index (χ0n) is 11.0. The van der Waals surface area contributed by atoms with E-state index in [4.69, 9.17) is 4.74 Å². The van der Waals surface area contributed by atoms with Gasteiger partial charge in [-0.3, -0.25) is 4.79 Å². The minimum atomic E-state index is 0.156. The maximum absolute atomic E-state index is 11.8. The Bertz CT molecular complexity index is 298. The standard InChI is InChI=1S/C14H24N2O2/c17-13(16-11-3-1-2-4-11)9-15-12-7-8-18-14(12)10-5-6-10/h10-12,14-15H,1-9H2,(H,16,17). The molecule has 102 valence electrons. The van der Waals surface area contributed by atoms with Crippen molar-refractivity contribution in [2.24, 2.45) is 5.92 Å². The molecule has 1 heterocycles.